The predicted molar refractivity (Wildman–Crippen MR) is 428 cm³/mol. The Hall–Kier alpha value is -1.94. The number of hydrogen-bond acceptors (Lipinski definition) is 15. The summed E-state index contributed by atoms with van der Waals surface area (Å²) in [5.74, 6) is -1.33. The van der Waals surface area contributed by atoms with Gasteiger partial charge in [0.2, 0.25) is 0 Å². The van der Waals surface area contributed by atoms with Crippen LogP contribution in [0.1, 0.15) is 458 Å². The third-order valence-electron chi connectivity index (χ3n) is 20.0. The largest absolute Gasteiger partial charge is 0.472 e. The molecule has 618 valence electrons. The van der Waals surface area contributed by atoms with Crippen molar-refractivity contribution in [2.45, 2.75) is 477 Å². The number of ether oxygens (including phenoxy) is 4. The van der Waals surface area contributed by atoms with Gasteiger partial charge in [0.25, 0.3) is 0 Å². The first-order valence-corrected chi connectivity index (χ1v) is 47.1. The van der Waals surface area contributed by atoms with Gasteiger partial charge in [-0.15, -0.1) is 0 Å². The highest BCUT2D eigenvalue weighted by atomic mass is 31.2. The summed E-state index contributed by atoms with van der Waals surface area (Å²) in [6.45, 7) is 7.36. The fourth-order valence-corrected chi connectivity index (χ4v) is 14.9. The summed E-state index contributed by atoms with van der Waals surface area (Å²) in [4.78, 5) is 73.2. The molecule has 0 aliphatic carbocycles. The van der Waals surface area contributed by atoms with E-state index in [0.717, 1.165) is 95.8 Å². The zero-order valence-corrected chi connectivity index (χ0v) is 70.0. The Morgan fingerprint density at radius 3 is 0.654 bits per heavy atom. The standard InChI is InChI=1S/C85H166O17P2/c1-6-9-12-15-18-21-24-27-29-31-33-35-37-39-44-49-54-59-64-69-83(88)96-75-80(101-84(89)70-65-60-55-50-45-40-38-36-34-32-30-28-25-22-19-16-13-10-7-2)76-99-103(91,92)97-72-79(86)73-98-104(93,94)100-77-81(74-95-82(87)68-63-58-53-48-43-26-23-20-17-14-11-8-3)102-85(90)71-66-61-56-51-46-41-42-47-52-57-62-67-78(4)5/h78-81,86H,6-77H2,1-5H3,(H,91,92)(H,93,94)/t79-,80-,81-/m1/s1. The third-order valence-corrected chi connectivity index (χ3v) is 21.9. The number of hydrogen-bond donors (Lipinski definition) is 3. The summed E-state index contributed by atoms with van der Waals surface area (Å²) in [5.41, 5.74) is 0. The highest BCUT2D eigenvalue weighted by Gasteiger charge is 2.30. The molecule has 3 N–H and O–H groups in total. The van der Waals surface area contributed by atoms with Crippen molar-refractivity contribution in [1.29, 1.82) is 0 Å². The smallest absolute Gasteiger partial charge is 0.462 e. The first-order chi connectivity index (χ1) is 50.5. The van der Waals surface area contributed by atoms with Crippen LogP contribution in [0.4, 0.5) is 0 Å². The summed E-state index contributed by atoms with van der Waals surface area (Å²) in [6.07, 6.45) is 70.8. The molecule has 0 aliphatic rings. The van der Waals surface area contributed by atoms with E-state index in [1.54, 1.807) is 0 Å². The first-order valence-electron chi connectivity index (χ1n) is 44.1. The molecule has 0 saturated heterocycles. The second-order valence-corrected chi connectivity index (χ2v) is 34.0. The molecule has 0 bridgehead atoms. The van der Waals surface area contributed by atoms with Crippen LogP contribution in [0.5, 0.6) is 0 Å². The van der Waals surface area contributed by atoms with E-state index >= 15 is 0 Å². The summed E-state index contributed by atoms with van der Waals surface area (Å²) in [6, 6.07) is 0. The van der Waals surface area contributed by atoms with Crippen LogP contribution in [-0.4, -0.2) is 96.7 Å². The summed E-state index contributed by atoms with van der Waals surface area (Å²) < 4.78 is 68.9. The molecule has 0 aromatic heterocycles. The Bertz CT molecular complexity index is 1980. The van der Waals surface area contributed by atoms with Crippen LogP contribution in [0.3, 0.4) is 0 Å². The number of aliphatic hydroxyl groups is 1. The number of phosphoric ester groups is 2. The maximum atomic E-state index is 13.1. The number of carbonyl (C=O) groups is 4. The summed E-state index contributed by atoms with van der Waals surface area (Å²) in [5, 5.41) is 10.7. The van der Waals surface area contributed by atoms with Crippen LogP contribution < -0.4 is 0 Å². The molecule has 0 aliphatic heterocycles. The zero-order valence-electron chi connectivity index (χ0n) is 68.2. The van der Waals surface area contributed by atoms with Gasteiger partial charge in [-0.25, -0.2) is 9.13 Å². The van der Waals surface area contributed by atoms with Crippen LogP contribution >= 0.6 is 15.6 Å². The van der Waals surface area contributed by atoms with E-state index in [2.05, 4.69) is 34.6 Å². The van der Waals surface area contributed by atoms with E-state index in [-0.39, 0.29) is 25.7 Å². The lowest BCUT2D eigenvalue weighted by Crippen LogP contribution is -2.30. The van der Waals surface area contributed by atoms with Gasteiger partial charge in [-0.3, -0.25) is 37.3 Å². The summed E-state index contributed by atoms with van der Waals surface area (Å²) >= 11 is 0. The molecular weight excluding hydrogens is 1350 g/mol. The van der Waals surface area contributed by atoms with Crippen molar-refractivity contribution in [2.75, 3.05) is 39.6 Å². The van der Waals surface area contributed by atoms with Crippen LogP contribution in [0.2, 0.25) is 0 Å². The Labute approximate surface area is 638 Å². The van der Waals surface area contributed by atoms with Crippen LogP contribution in [-0.2, 0) is 65.4 Å². The predicted octanol–water partition coefficient (Wildman–Crippen LogP) is 26.0. The molecule has 104 heavy (non-hydrogen) atoms. The van der Waals surface area contributed by atoms with Gasteiger partial charge in [0.1, 0.15) is 19.3 Å². The average molecular weight is 1520 g/mol. The number of carbonyl (C=O) groups excluding carboxylic acids is 4. The van der Waals surface area contributed by atoms with Gasteiger partial charge < -0.3 is 33.8 Å². The minimum absolute atomic E-state index is 0.107. The highest BCUT2D eigenvalue weighted by Crippen LogP contribution is 2.45. The van der Waals surface area contributed by atoms with Gasteiger partial charge in [-0.05, 0) is 31.6 Å². The topological polar surface area (TPSA) is 237 Å². The van der Waals surface area contributed by atoms with E-state index in [0.29, 0.717) is 25.7 Å². The zero-order chi connectivity index (χ0) is 76.2. The van der Waals surface area contributed by atoms with Crippen molar-refractivity contribution < 1.29 is 80.2 Å². The summed E-state index contributed by atoms with van der Waals surface area (Å²) in [7, 11) is -9.93. The van der Waals surface area contributed by atoms with Gasteiger partial charge in [0, 0.05) is 25.7 Å². The number of rotatable bonds is 85. The van der Waals surface area contributed by atoms with Crippen LogP contribution in [0.25, 0.3) is 0 Å². The van der Waals surface area contributed by atoms with Crippen molar-refractivity contribution in [3.8, 4) is 0 Å². The molecule has 0 spiro atoms. The molecule has 19 heteroatoms. The van der Waals surface area contributed by atoms with Gasteiger partial charge in [0.05, 0.1) is 26.4 Å². The molecule has 17 nitrogen and oxygen atoms in total. The Kier molecular flexibility index (Phi) is 76.3. The van der Waals surface area contributed by atoms with E-state index in [1.165, 1.54) is 283 Å². The SMILES string of the molecule is CCCCCCCCCCCCCCCCCCCCCC(=O)OC[C@H](COP(=O)(O)OC[C@@H](O)COP(=O)(O)OC[C@@H](COC(=O)CCCCCCCCCCCCCC)OC(=O)CCCCCCCCCCCCCC(C)C)OC(=O)CCCCCCCCCCCCCCCCCCCCC. The number of aliphatic hydroxyl groups excluding tert-OH is 1. The van der Waals surface area contributed by atoms with Gasteiger partial charge in [-0.1, -0.05) is 407 Å². The van der Waals surface area contributed by atoms with Crippen LogP contribution in [0.15, 0.2) is 0 Å². The Morgan fingerprint density at radius 1 is 0.260 bits per heavy atom. The molecular formula is C85H166O17P2. The first kappa shape index (κ1) is 102. The van der Waals surface area contributed by atoms with Gasteiger partial charge in [-0.2, -0.15) is 0 Å². The monoisotopic (exact) mass is 1520 g/mol. The average Bonchev–Trinajstić information content (AvgIpc) is 0.905. The molecule has 0 heterocycles. The maximum Gasteiger partial charge on any atom is 0.472 e. The lowest BCUT2D eigenvalue weighted by atomic mass is 10.0. The maximum absolute atomic E-state index is 13.1. The fraction of sp³-hybridized carbons (Fsp3) is 0.953. The normalized spacial score (nSPS) is 13.8. The minimum atomic E-state index is -4.96. The molecule has 0 fully saturated rings. The second kappa shape index (κ2) is 77.8. The van der Waals surface area contributed by atoms with E-state index in [1.807, 2.05) is 0 Å². The van der Waals surface area contributed by atoms with Crippen molar-refractivity contribution in [3.05, 3.63) is 0 Å². The number of esters is 4. The lowest BCUT2D eigenvalue weighted by molar-refractivity contribution is -0.161. The molecule has 2 unspecified atom stereocenters. The molecule has 5 atom stereocenters. The van der Waals surface area contributed by atoms with E-state index in [9.17, 15) is 43.2 Å². The molecule has 0 rings (SSSR count). The lowest BCUT2D eigenvalue weighted by Gasteiger charge is -2.21. The van der Waals surface area contributed by atoms with Gasteiger partial charge in [0.15, 0.2) is 12.2 Å². The number of phosphoric acid groups is 2. The van der Waals surface area contributed by atoms with Crippen molar-refractivity contribution in [3.63, 3.8) is 0 Å². The molecule has 0 saturated carbocycles. The second-order valence-electron chi connectivity index (χ2n) is 31.1. The van der Waals surface area contributed by atoms with Gasteiger partial charge >= 0.3 is 39.5 Å². The third kappa shape index (κ3) is 78.2. The van der Waals surface area contributed by atoms with Crippen LogP contribution in [0, 0.1) is 5.92 Å². The highest BCUT2D eigenvalue weighted by molar-refractivity contribution is 7.47. The molecule has 0 aromatic rings. The fourth-order valence-electron chi connectivity index (χ4n) is 13.3. The quantitative estimate of drug-likeness (QED) is 0.0222. The molecule has 0 radical (unpaired) electrons. The van der Waals surface area contributed by atoms with E-state index in [4.69, 9.17) is 37.0 Å². The minimum Gasteiger partial charge on any atom is -0.462 e. The Balaban J connectivity index is 5.24. The van der Waals surface area contributed by atoms with E-state index < -0.39 is 97.5 Å². The van der Waals surface area contributed by atoms with Crippen molar-refractivity contribution >= 4 is 39.5 Å². The Morgan fingerprint density at radius 2 is 0.442 bits per heavy atom. The van der Waals surface area contributed by atoms with Crippen molar-refractivity contribution in [2.24, 2.45) is 5.92 Å². The number of unbranched alkanes of at least 4 members (excludes halogenated alkanes) is 57. The molecule has 0 amide bonds. The molecule has 0 aromatic carbocycles. The van der Waals surface area contributed by atoms with Crippen molar-refractivity contribution in [1.82, 2.24) is 0 Å².